The summed E-state index contributed by atoms with van der Waals surface area (Å²) < 4.78 is 31.5. The molecule has 1 aliphatic heterocycles. The van der Waals surface area contributed by atoms with Crippen LogP contribution >= 0.6 is 12.4 Å². The molecule has 1 amide bonds. The third-order valence-corrected chi connectivity index (χ3v) is 5.31. The van der Waals surface area contributed by atoms with Gasteiger partial charge in [-0.2, -0.15) is 4.31 Å². The first-order valence-corrected chi connectivity index (χ1v) is 8.61. The van der Waals surface area contributed by atoms with Crippen LogP contribution in [0, 0.1) is 0 Å². The van der Waals surface area contributed by atoms with Crippen molar-refractivity contribution in [2.75, 3.05) is 32.8 Å². The highest BCUT2D eigenvalue weighted by Gasteiger charge is 2.25. The number of morpholine rings is 1. The van der Waals surface area contributed by atoms with Gasteiger partial charge in [0.25, 0.3) is 0 Å². The van der Waals surface area contributed by atoms with Gasteiger partial charge in [-0.05, 0) is 17.7 Å². The molecule has 0 saturated carbocycles. The van der Waals surface area contributed by atoms with E-state index in [1.807, 2.05) is 0 Å². The second-order valence-electron chi connectivity index (χ2n) is 4.98. The molecule has 0 spiro atoms. The van der Waals surface area contributed by atoms with Crippen molar-refractivity contribution in [1.82, 2.24) is 9.62 Å². The summed E-state index contributed by atoms with van der Waals surface area (Å²) in [7, 11) is -3.47. The minimum atomic E-state index is -3.47. The van der Waals surface area contributed by atoms with E-state index < -0.39 is 10.0 Å². The first-order valence-electron chi connectivity index (χ1n) is 7.17. The van der Waals surface area contributed by atoms with Crippen molar-refractivity contribution in [2.45, 2.75) is 17.9 Å². The molecule has 0 atom stereocenters. The summed E-state index contributed by atoms with van der Waals surface area (Å²) in [4.78, 5) is 11.6. The first-order chi connectivity index (χ1) is 10.5. The fraction of sp³-hybridized carbons (Fsp3) is 0.500. The van der Waals surface area contributed by atoms with E-state index in [0.29, 0.717) is 39.4 Å². The van der Waals surface area contributed by atoms with E-state index in [2.05, 4.69) is 5.32 Å². The Hall–Kier alpha value is -1.19. The molecular formula is C14H22ClN3O4S. The van der Waals surface area contributed by atoms with E-state index in [9.17, 15) is 13.2 Å². The van der Waals surface area contributed by atoms with E-state index in [-0.39, 0.29) is 29.6 Å². The van der Waals surface area contributed by atoms with E-state index in [0.717, 1.165) is 5.56 Å². The number of nitrogens with two attached hydrogens (primary N) is 1. The Bertz CT molecular complexity index is 601. The minimum Gasteiger partial charge on any atom is -0.379 e. The molecule has 1 fully saturated rings. The molecule has 0 unspecified atom stereocenters. The molecule has 0 radical (unpaired) electrons. The summed E-state index contributed by atoms with van der Waals surface area (Å²) in [6, 6.07) is 6.54. The Morgan fingerprint density at radius 3 is 2.39 bits per heavy atom. The fourth-order valence-corrected chi connectivity index (χ4v) is 3.54. The van der Waals surface area contributed by atoms with Crippen LogP contribution in [0.1, 0.15) is 12.0 Å². The molecule has 1 aromatic rings. The highest BCUT2D eigenvalue weighted by atomic mass is 35.5. The van der Waals surface area contributed by atoms with Gasteiger partial charge >= 0.3 is 0 Å². The van der Waals surface area contributed by atoms with Gasteiger partial charge in [0.05, 0.1) is 18.1 Å². The number of amides is 1. The number of nitrogens with one attached hydrogen (secondary N) is 1. The zero-order chi connectivity index (χ0) is 16.0. The van der Waals surface area contributed by atoms with Crippen LogP contribution in [0.15, 0.2) is 29.2 Å². The number of hydrogen-bond acceptors (Lipinski definition) is 5. The average molecular weight is 364 g/mol. The van der Waals surface area contributed by atoms with Crippen molar-refractivity contribution >= 4 is 28.3 Å². The zero-order valence-corrected chi connectivity index (χ0v) is 14.4. The second-order valence-corrected chi connectivity index (χ2v) is 6.91. The van der Waals surface area contributed by atoms with Gasteiger partial charge in [-0.15, -0.1) is 12.4 Å². The lowest BCUT2D eigenvalue weighted by Crippen LogP contribution is -2.40. The summed E-state index contributed by atoms with van der Waals surface area (Å²) >= 11 is 0. The van der Waals surface area contributed by atoms with Gasteiger partial charge in [-0.1, -0.05) is 12.1 Å². The van der Waals surface area contributed by atoms with Crippen molar-refractivity contribution in [3.63, 3.8) is 0 Å². The van der Waals surface area contributed by atoms with Crippen LogP contribution in [-0.2, 0) is 26.1 Å². The number of sulfonamides is 1. The molecular weight excluding hydrogens is 342 g/mol. The predicted molar refractivity (Wildman–Crippen MR) is 88.8 cm³/mol. The van der Waals surface area contributed by atoms with E-state index in [1.165, 1.54) is 4.31 Å². The molecule has 3 N–H and O–H groups in total. The van der Waals surface area contributed by atoms with Crippen LogP contribution in [0.25, 0.3) is 0 Å². The maximum Gasteiger partial charge on any atom is 0.243 e. The molecule has 1 aromatic carbocycles. The Balaban J connectivity index is 0.00000264. The van der Waals surface area contributed by atoms with Gasteiger partial charge < -0.3 is 15.8 Å². The molecule has 0 bridgehead atoms. The smallest absolute Gasteiger partial charge is 0.243 e. The van der Waals surface area contributed by atoms with E-state index in [4.69, 9.17) is 10.5 Å². The first kappa shape index (κ1) is 19.9. The maximum absolute atomic E-state index is 12.4. The zero-order valence-electron chi connectivity index (χ0n) is 12.7. The van der Waals surface area contributed by atoms with Crippen LogP contribution in [0.3, 0.4) is 0 Å². The quantitative estimate of drug-likeness (QED) is 0.746. The second kappa shape index (κ2) is 9.19. The number of carbonyl (C=O) groups excluding carboxylic acids is 1. The van der Waals surface area contributed by atoms with Crippen molar-refractivity contribution < 1.29 is 17.9 Å². The monoisotopic (exact) mass is 363 g/mol. The molecule has 0 aromatic heterocycles. The summed E-state index contributed by atoms with van der Waals surface area (Å²) in [5, 5.41) is 2.73. The fourth-order valence-electron chi connectivity index (χ4n) is 2.14. The lowest BCUT2D eigenvalue weighted by atomic mass is 10.2. The molecule has 23 heavy (non-hydrogen) atoms. The van der Waals surface area contributed by atoms with Gasteiger partial charge in [0.15, 0.2) is 0 Å². The third kappa shape index (κ3) is 5.43. The average Bonchev–Trinajstić information content (AvgIpc) is 2.54. The number of rotatable bonds is 6. The van der Waals surface area contributed by atoms with Crippen molar-refractivity contribution in [3.05, 3.63) is 29.8 Å². The number of benzene rings is 1. The largest absolute Gasteiger partial charge is 0.379 e. The standard InChI is InChI=1S/C14H21N3O4S.ClH/c15-6-5-14(18)16-11-12-1-3-13(4-2-12)22(19,20)17-7-9-21-10-8-17;/h1-4H,5-11,15H2,(H,16,18);1H. The molecule has 130 valence electrons. The Morgan fingerprint density at radius 2 is 1.83 bits per heavy atom. The molecule has 1 saturated heterocycles. The van der Waals surface area contributed by atoms with Gasteiger partial charge in [0.1, 0.15) is 0 Å². The van der Waals surface area contributed by atoms with Crippen molar-refractivity contribution in [2.24, 2.45) is 5.73 Å². The number of carbonyl (C=O) groups is 1. The summed E-state index contributed by atoms with van der Waals surface area (Å²) in [5.74, 6) is -0.118. The summed E-state index contributed by atoms with van der Waals surface area (Å²) in [6.07, 6.45) is 0.281. The molecule has 9 heteroatoms. The van der Waals surface area contributed by atoms with Crippen molar-refractivity contribution in [1.29, 1.82) is 0 Å². The molecule has 7 nitrogen and oxygen atoms in total. The molecule has 1 aliphatic rings. The van der Waals surface area contributed by atoms with Crippen LogP contribution in [0.5, 0.6) is 0 Å². The number of hydrogen-bond donors (Lipinski definition) is 2. The van der Waals surface area contributed by atoms with Crippen LogP contribution < -0.4 is 11.1 Å². The predicted octanol–water partition coefficient (Wildman–Crippen LogP) is 0.0943. The summed E-state index contributed by atoms with van der Waals surface area (Å²) in [6.45, 7) is 2.26. The topological polar surface area (TPSA) is 102 Å². The number of ether oxygens (including phenoxy) is 1. The van der Waals surface area contributed by atoms with Crippen LogP contribution in [0.4, 0.5) is 0 Å². The number of halogens is 1. The molecule has 0 aliphatic carbocycles. The molecule has 1 heterocycles. The van der Waals surface area contributed by atoms with Crippen LogP contribution in [-0.4, -0.2) is 51.5 Å². The van der Waals surface area contributed by atoms with E-state index in [1.54, 1.807) is 24.3 Å². The maximum atomic E-state index is 12.4. The Labute approximate surface area is 142 Å². The number of nitrogens with zero attached hydrogens (tertiary/aromatic N) is 1. The van der Waals surface area contributed by atoms with Crippen molar-refractivity contribution in [3.8, 4) is 0 Å². The van der Waals surface area contributed by atoms with Gasteiger partial charge in [0.2, 0.25) is 15.9 Å². The Morgan fingerprint density at radius 1 is 1.22 bits per heavy atom. The molecule has 2 rings (SSSR count). The SMILES string of the molecule is Cl.NCCC(=O)NCc1ccc(S(=O)(=O)N2CCOCC2)cc1. The van der Waals surface area contributed by atoms with Gasteiger partial charge in [-0.25, -0.2) is 8.42 Å². The normalized spacial score (nSPS) is 15.7. The van der Waals surface area contributed by atoms with E-state index >= 15 is 0 Å². The highest BCUT2D eigenvalue weighted by Crippen LogP contribution is 2.17. The Kier molecular flexibility index (Phi) is 7.93. The highest BCUT2D eigenvalue weighted by molar-refractivity contribution is 7.89. The minimum absolute atomic E-state index is 0. The van der Waals surface area contributed by atoms with Gasteiger partial charge in [-0.3, -0.25) is 4.79 Å². The van der Waals surface area contributed by atoms with Gasteiger partial charge in [0, 0.05) is 32.6 Å². The van der Waals surface area contributed by atoms with Crippen LogP contribution in [0.2, 0.25) is 0 Å². The third-order valence-electron chi connectivity index (χ3n) is 3.39. The summed E-state index contributed by atoms with van der Waals surface area (Å²) in [5.41, 5.74) is 6.14. The lowest BCUT2D eigenvalue weighted by molar-refractivity contribution is -0.121. The lowest BCUT2D eigenvalue weighted by Gasteiger charge is -2.26.